The zero-order valence-corrected chi connectivity index (χ0v) is 17.1. The van der Waals surface area contributed by atoms with Crippen LogP contribution in [0.2, 0.25) is 0 Å². The van der Waals surface area contributed by atoms with Gasteiger partial charge in [0.05, 0.1) is 29.8 Å². The lowest BCUT2D eigenvalue weighted by atomic mass is 9.79. The van der Waals surface area contributed by atoms with Gasteiger partial charge in [-0.1, -0.05) is 63.2 Å². The van der Waals surface area contributed by atoms with Gasteiger partial charge >= 0.3 is 0 Å². The van der Waals surface area contributed by atoms with Crippen molar-refractivity contribution in [1.29, 1.82) is 0 Å². The summed E-state index contributed by atoms with van der Waals surface area (Å²) in [6.45, 7) is 5.53. The van der Waals surface area contributed by atoms with E-state index in [1.54, 1.807) is 35.5 Å². The first-order valence-electron chi connectivity index (χ1n) is 10.2. The summed E-state index contributed by atoms with van der Waals surface area (Å²) < 4.78 is 0. The Hall–Kier alpha value is -3.28. The zero-order valence-electron chi connectivity index (χ0n) is 17.1. The van der Waals surface area contributed by atoms with E-state index >= 15 is 0 Å². The van der Waals surface area contributed by atoms with Gasteiger partial charge in [-0.3, -0.25) is 19.4 Å². The first kappa shape index (κ1) is 18.7. The summed E-state index contributed by atoms with van der Waals surface area (Å²) in [5.41, 5.74) is 1.73. The van der Waals surface area contributed by atoms with E-state index in [-0.39, 0.29) is 17.6 Å². The fraction of sp³-hybridized carbons (Fsp3) is 0.333. The second-order valence-corrected chi connectivity index (χ2v) is 9.16. The second-order valence-electron chi connectivity index (χ2n) is 9.16. The minimum atomic E-state index is -0.769. The summed E-state index contributed by atoms with van der Waals surface area (Å²) in [4.78, 5) is 41.9. The lowest BCUT2D eigenvalue weighted by Crippen LogP contribution is -2.48. The van der Waals surface area contributed by atoms with E-state index in [1.807, 2.05) is 51.1 Å². The number of rotatable bonds is 2. The number of carbonyl (C=O) groups is 3. The van der Waals surface area contributed by atoms with E-state index in [0.29, 0.717) is 5.69 Å². The fourth-order valence-corrected chi connectivity index (χ4v) is 4.94. The molecule has 2 saturated heterocycles. The maximum absolute atomic E-state index is 13.6. The summed E-state index contributed by atoms with van der Waals surface area (Å²) in [7, 11) is 0. The summed E-state index contributed by atoms with van der Waals surface area (Å²) in [6.07, 6.45) is 1.72. The summed E-state index contributed by atoms with van der Waals surface area (Å²) in [5, 5.41) is 6.27. The maximum atomic E-state index is 13.6. The van der Waals surface area contributed by atoms with Crippen molar-refractivity contribution in [3.63, 3.8) is 0 Å². The third kappa shape index (κ3) is 2.49. The molecule has 2 aromatic rings. The van der Waals surface area contributed by atoms with Gasteiger partial charge in [0, 0.05) is 5.41 Å². The van der Waals surface area contributed by atoms with Crippen LogP contribution in [0.15, 0.2) is 59.7 Å². The first-order chi connectivity index (χ1) is 14.3. The van der Waals surface area contributed by atoms with Crippen LogP contribution in [0.4, 0.5) is 5.69 Å². The molecule has 2 fully saturated rings. The molecule has 0 aromatic heterocycles. The molecule has 2 aromatic carbocycles. The molecule has 0 bridgehead atoms. The van der Waals surface area contributed by atoms with Crippen LogP contribution < -0.4 is 4.90 Å². The monoisotopic (exact) mass is 401 g/mol. The van der Waals surface area contributed by atoms with E-state index in [4.69, 9.17) is 0 Å². The molecule has 5 rings (SSSR count). The van der Waals surface area contributed by atoms with Crippen LogP contribution in [0.5, 0.6) is 0 Å². The standard InChI is InChI=1S/C24H23N3O3/c1-24(2,3)21(28)20-18-17(19-16-12-8-7-9-14(16)13-25-27(19)20)22(29)26(23(18)30)15-10-5-4-6-11-15/h4-13,17-20H,1-3H3/t17-,18+,19+,20-/m1/s1. The van der Waals surface area contributed by atoms with E-state index in [0.717, 1.165) is 11.1 Å². The molecule has 0 radical (unpaired) electrons. The number of anilines is 1. The van der Waals surface area contributed by atoms with Crippen molar-refractivity contribution < 1.29 is 14.4 Å². The molecule has 6 nitrogen and oxygen atoms in total. The number of ketones is 1. The molecule has 3 aliphatic heterocycles. The molecule has 0 N–H and O–H groups in total. The lowest BCUT2D eigenvalue weighted by molar-refractivity contribution is -0.136. The highest BCUT2D eigenvalue weighted by Gasteiger charge is 2.66. The molecule has 2 amide bonds. The molecule has 3 aliphatic rings. The number of carbonyl (C=O) groups excluding carboxylic acids is 3. The predicted molar refractivity (Wildman–Crippen MR) is 113 cm³/mol. The van der Waals surface area contributed by atoms with Crippen molar-refractivity contribution >= 4 is 29.5 Å². The van der Waals surface area contributed by atoms with Crippen molar-refractivity contribution in [3.8, 4) is 0 Å². The number of imide groups is 1. The minimum absolute atomic E-state index is 0.0763. The van der Waals surface area contributed by atoms with Gasteiger partial charge in [0.2, 0.25) is 11.8 Å². The number of amides is 2. The Bertz CT molecular complexity index is 1090. The Balaban J connectivity index is 1.68. The van der Waals surface area contributed by atoms with Crippen LogP contribution >= 0.6 is 0 Å². The van der Waals surface area contributed by atoms with Gasteiger partial charge < -0.3 is 0 Å². The van der Waals surface area contributed by atoms with Gasteiger partial charge in [0.1, 0.15) is 6.04 Å². The highest BCUT2D eigenvalue weighted by Crippen LogP contribution is 2.53. The Labute approximate surface area is 175 Å². The Kier molecular flexibility index (Phi) is 3.97. The van der Waals surface area contributed by atoms with Crippen molar-refractivity contribution in [1.82, 2.24) is 5.01 Å². The van der Waals surface area contributed by atoms with E-state index in [2.05, 4.69) is 5.10 Å². The van der Waals surface area contributed by atoms with E-state index in [9.17, 15) is 14.4 Å². The lowest BCUT2D eigenvalue weighted by Gasteiger charge is -2.35. The zero-order chi connectivity index (χ0) is 21.2. The average Bonchev–Trinajstić information content (AvgIpc) is 3.20. The molecule has 0 unspecified atom stereocenters. The molecule has 4 atom stereocenters. The van der Waals surface area contributed by atoms with Crippen molar-refractivity contribution in [2.75, 3.05) is 4.90 Å². The normalized spacial score (nSPS) is 27.2. The first-order valence-corrected chi connectivity index (χ1v) is 10.2. The smallest absolute Gasteiger partial charge is 0.240 e. The van der Waals surface area contributed by atoms with Crippen LogP contribution in [-0.2, 0) is 14.4 Å². The van der Waals surface area contributed by atoms with Crippen molar-refractivity contribution in [2.45, 2.75) is 32.9 Å². The number of nitrogens with zero attached hydrogens (tertiary/aromatic N) is 3. The highest BCUT2D eigenvalue weighted by atomic mass is 16.2. The molecular weight excluding hydrogens is 378 g/mol. The van der Waals surface area contributed by atoms with E-state index in [1.165, 1.54) is 4.90 Å². The molecule has 0 spiro atoms. The van der Waals surface area contributed by atoms with Gasteiger partial charge in [-0.15, -0.1) is 0 Å². The minimum Gasteiger partial charge on any atom is -0.297 e. The van der Waals surface area contributed by atoms with Crippen molar-refractivity contribution in [2.24, 2.45) is 22.4 Å². The number of benzene rings is 2. The Morgan fingerprint density at radius 3 is 2.23 bits per heavy atom. The summed E-state index contributed by atoms with van der Waals surface area (Å²) in [6, 6.07) is 15.5. The molecule has 0 aliphatic carbocycles. The van der Waals surface area contributed by atoms with Gasteiger partial charge in [-0.2, -0.15) is 5.10 Å². The third-order valence-electron chi connectivity index (χ3n) is 6.32. The topological polar surface area (TPSA) is 70.0 Å². The van der Waals surface area contributed by atoms with Crippen LogP contribution in [0.25, 0.3) is 0 Å². The van der Waals surface area contributed by atoms with Crippen LogP contribution in [0.1, 0.15) is 37.9 Å². The molecule has 3 heterocycles. The largest absolute Gasteiger partial charge is 0.297 e. The van der Waals surface area contributed by atoms with Crippen molar-refractivity contribution in [3.05, 3.63) is 65.7 Å². The van der Waals surface area contributed by atoms with E-state index < -0.39 is 29.3 Å². The molecular formula is C24H23N3O3. The summed E-state index contributed by atoms with van der Waals surface area (Å²) in [5.74, 6) is -2.05. The number of fused-ring (bicyclic) bond motifs is 5. The second kappa shape index (κ2) is 6.36. The average molecular weight is 401 g/mol. The molecule has 6 heteroatoms. The molecule has 0 saturated carbocycles. The number of Topliss-reactive ketones (excluding diaryl/α,β-unsaturated/α-hetero) is 1. The highest BCUT2D eigenvalue weighted by molar-refractivity contribution is 6.24. The van der Waals surface area contributed by atoms with Gasteiger partial charge in [-0.25, -0.2) is 4.90 Å². The Morgan fingerprint density at radius 2 is 1.53 bits per heavy atom. The quantitative estimate of drug-likeness (QED) is 0.725. The number of para-hydroxylation sites is 1. The molecule has 30 heavy (non-hydrogen) atoms. The predicted octanol–water partition coefficient (Wildman–Crippen LogP) is 3.18. The van der Waals surface area contributed by atoms with Crippen LogP contribution in [-0.4, -0.2) is 34.9 Å². The third-order valence-corrected chi connectivity index (χ3v) is 6.32. The van der Waals surface area contributed by atoms with Gasteiger partial charge in [-0.05, 0) is 23.3 Å². The van der Waals surface area contributed by atoms with Gasteiger partial charge in [0.15, 0.2) is 5.78 Å². The Morgan fingerprint density at radius 1 is 0.900 bits per heavy atom. The number of hydrogen-bond donors (Lipinski definition) is 0. The van der Waals surface area contributed by atoms with Crippen LogP contribution in [0, 0.1) is 17.3 Å². The maximum Gasteiger partial charge on any atom is 0.240 e. The van der Waals surface area contributed by atoms with Gasteiger partial charge in [0.25, 0.3) is 0 Å². The SMILES string of the molecule is CC(C)(C)C(=O)[C@H]1[C@H]2C(=O)N(c3ccccc3)C(=O)[C@H]2[C@@H]2c3ccccc3C=NN12. The fourth-order valence-electron chi connectivity index (χ4n) is 4.94. The summed E-state index contributed by atoms with van der Waals surface area (Å²) >= 11 is 0. The number of hydrazone groups is 1. The molecule has 152 valence electrons. The number of hydrogen-bond acceptors (Lipinski definition) is 5. The van der Waals surface area contributed by atoms with Crippen LogP contribution in [0.3, 0.4) is 0 Å².